The second-order valence-electron chi connectivity index (χ2n) is 6.42. The number of rotatable bonds is 3. The van der Waals surface area contributed by atoms with Crippen molar-refractivity contribution in [3.8, 4) is 5.88 Å². The monoisotopic (exact) mass is 319 g/mol. The van der Waals surface area contributed by atoms with E-state index in [4.69, 9.17) is 9.47 Å². The van der Waals surface area contributed by atoms with Crippen molar-refractivity contribution < 1.29 is 14.3 Å². The molecule has 0 spiro atoms. The van der Waals surface area contributed by atoms with Crippen molar-refractivity contribution in [2.24, 2.45) is 5.92 Å². The molecule has 2 saturated heterocycles. The van der Waals surface area contributed by atoms with Crippen molar-refractivity contribution in [3.05, 3.63) is 17.6 Å². The van der Waals surface area contributed by atoms with Gasteiger partial charge in [0.25, 0.3) is 0 Å². The Balaban J connectivity index is 1.50. The molecule has 0 N–H and O–H groups in total. The quantitative estimate of drug-likeness (QED) is 0.851. The van der Waals surface area contributed by atoms with Crippen LogP contribution in [0.5, 0.6) is 5.88 Å². The third kappa shape index (κ3) is 4.19. The average Bonchev–Trinajstić information content (AvgIpc) is 2.55. The molecule has 3 heterocycles. The van der Waals surface area contributed by atoms with E-state index in [0.29, 0.717) is 25.0 Å². The number of hydrogen-bond acceptors (Lipinski definition) is 5. The molecule has 6 heteroatoms. The van der Waals surface area contributed by atoms with Gasteiger partial charge >= 0.3 is 0 Å². The van der Waals surface area contributed by atoms with Gasteiger partial charge in [-0.3, -0.25) is 4.79 Å². The molecule has 0 atom stereocenters. The van der Waals surface area contributed by atoms with Gasteiger partial charge in [-0.25, -0.2) is 4.98 Å². The van der Waals surface area contributed by atoms with Gasteiger partial charge < -0.3 is 14.4 Å². The van der Waals surface area contributed by atoms with E-state index < -0.39 is 0 Å². The first-order valence-electron chi connectivity index (χ1n) is 8.47. The maximum atomic E-state index is 12.5. The van der Waals surface area contributed by atoms with Gasteiger partial charge in [-0.1, -0.05) is 0 Å². The number of hydrogen-bond donors (Lipinski definition) is 0. The van der Waals surface area contributed by atoms with E-state index in [-0.39, 0.29) is 12.0 Å². The van der Waals surface area contributed by atoms with E-state index in [1.54, 1.807) is 0 Å². The lowest BCUT2D eigenvalue weighted by atomic mass is 9.97. The van der Waals surface area contributed by atoms with Crippen molar-refractivity contribution in [2.75, 3.05) is 26.3 Å². The lowest BCUT2D eigenvalue weighted by molar-refractivity contribution is -0.140. The largest absolute Gasteiger partial charge is 0.474 e. The van der Waals surface area contributed by atoms with Gasteiger partial charge in [0.2, 0.25) is 11.8 Å². The highest BCUT2D eigenvalue weighted by Gasteiger charge is 2.30. The molecule has 0 aromatic carbocycles. The number of amides is 1. The number of piperidine rings is 1. The van der Waals surface area contributed by atoms with Gasteiger partial charge in [-0.15, -0.1) is 0 Å². The van der Waals surface area contributed by atoms with E-state index >= 15 is 0 Å². The molecule has 0 unspecified atom stereocenters. The highest BCUT2D eigenvalue weighted by molar-refractivity contribution is 5.79. The van der Waals surface area contributed by atoms with E-state index in [9.17, 15) is 4.79 Å². The zero-order valence-electron chi connectivity index (χ0n) is 14.0. The molecule has 23 heavy (non-hydrogen) atoms. The number of aromatic nitrogens is 2. The third-order valence-electron chi connectivity index (χ3n) is 4.55. The highest BCUT2D eigenvalue weighted by Crippen LogP contribution is 2.22. The van der Waals surface area contributed by atoms with Crippen LogP contribution in [0.4, 0.5) is 0 Å². The molecule has 1 aromatic rings. The van der Waals surface area contributed by atoms with Gasteiger partial charge in [-0.2, -0.15) is 4.98 Å². The fourth-order valence-corrected chi connectivity index (χ4v) is 3.31. The summed E-state index contributed by atoms with van der Waals surface area (Å²) in [5.41, 5.74) is 0.916. The summed E-state index contributed by atoms with van der Waals surface area (Å²) in [5, 5.41) is 0. The first kappa shape index (κ1) is 16.2. The van der Waals surface area contributed by atoms with Crippen molar-refractivity contribution in [1.82, 2.24) is 14.9 Å². The molecule has 2 aliphatic heterocycles. The Morgan fingerprint density at radius 2 is 1.87 bits per heavy atom. The molecule has 2 aliphatic rings. The molecular formula is C17H25N3O3. The number of nitrogens with zero attached hydrogens (tertiary/aromatic N) is 3. The minimum absolute atomic E-state index is 0.127. The highest BCUT2D eigenvalue weighted by atomic mass is 16.5. The fourth-order valence-electron chi connectivity index (χ4n) is 3.31. The summed E-state index contributed by atoms with van der Waals surface area (Å²) < 4.78 is 11.3. The van der Waals surface area contributed by atoms with Crippen LogP contribution in [-0.2, 0) is 9.53 Å². The van der Waals surface area contributed by atoms with Crippen molar-refractivity contribution in [1.29, 1.82) is 0 Å². The van der Waals surface area contributed by atoms with Crippen LogP contribution in [0.2, 0.25) is 0 Å². The Labute approximate surface area is 137 Å². The zero-order chi connectivity index (χ0) is 16.2. The summed E-state index contributed by atoms with van der Waals surface area (Å²) in [7, 11) is 0. The summed E-state index contributed by atoms with van der Waals surface area (Å²) in [5.74, 6) is 1.81. The molecule has 0 saturated carbocycles. The third-order valence-corrected chi connectivity index (χ3v) is 4.55. The average molecular weight is 319 g/mol. The van der Waals surface area contributed by atoms with Gasteiger partial charge in [0.1, 0.15) is 11.9 Å². The normalized spacial score (nSPS) is 20.5. The topological polar surface area (TPSA) is 64.5 Å². The van der Waals surface area contributed by atoms with Crippen LogP contribution in [0.3, 0.4) is 0 Å². The van der Waals surface area contributed by atoms with Gasteiger partial charge in [0.15, 0.2) is 0 Å². The van der Waals surface area contributed by atoms with E-state index in [1.807, 2.05) is 24.8 Å². The fraction of sp³-hybridized carbons (Fsp3) is 0.706. The number of ether oxygens (including phenoxy) is 2. The SMILES string of the molecule is Cc1cc(OC2CCN(C(=O)C3CCOCC3)CC2)nc(C)n1. The Morgan fingerprint density at radius 3 is 2.52 bits per heavy atom. The summed E-state index contributed by atoms with van der Waals surface area (Å²) in [6.07, 6.45) is 3.56. The maximum absolute atomic E-state index is 12.5. The predicted octanol–water partition coefficient (Wildman–Crippen LogP) is 1.89. The van der Waals surface area contributed by atoms with E-state index in [1.165, 1.54) is 0 Å². The lowest BCUT2D eigenvalue weighted by Gasteiger charge is -2.35. The van der Waals surface area contributed by atoms with Gasteiger partial charge in [-0.05, 0) is 26.7 Å². The Morgan fingerprint density at radius 1 is 1.17 bits per heavy atom. The molecule has 3 rings (SSSR count). The number of carbonyl (C=O) groups excluding carboxylic acids is 1. The van der Waals surface area contributed by atoms with Crippen LogP contribution in [0.1, 0.15) is 37.2 Å². The molecular weight excluding hydrogens is 294 g/mol. The molecule has 1 amide bonds. The maximum Gasteiger partial charge on any atom is 0.225 e. The molecule has 126 valence electrons. The van der Waals surface area contributed by atoms with E-state index in [2.05, 4.69) is 9.97 Å². The van der Waals surface area contributed by atoms with Crippen LogP contribution < -0.4 is 4.74 Å². The molecule has 2 fully saturated rings. The van der Waals surface area contributed by atoms with Crippen molar-refractivity contribution in [3.63, 3.8) is 0 Å². The standard InChI is InChI=1S/C17H25N3O3/c1-12-11-16(19-13(2)18-12)23-15-3-7-20(8-4-15)17(21)14-5-9-22-10-6-14/h11,14-15H,3-10H2,1-2H3. The second-order valence-corrected chi connectivity index (χ2v) is 6.42. The summed E-state index contributed by atoms with van der Waals surface area (Å²) in [6, 6.07) is 1.87. The molecule has 6 nitrogen and oxygen atoms in total. The second kappa shape index (κ2) is 7.25. The minimum atomic E-state index is 0.127. The molecule has 0 aliphatic carbocycles. The Hall–Kier alpha value is -1.69. The lowest BCUT2D eigenvalue weighted by Crippen LogP contribution is -2.45. The minimum Gasteiger partial charge on any atom is -0.474 e. The summed E-state index contributed by atoms with van der Waals surface area (Å²) in [6.45, 7) is 6.77. The van der Waals surface area contributed by atoms with Crippen molar-refractivity contribution >= 4 is 5.91 Å². The van der Waals surface area contributed by atoms with Crippen LogP contribution in [0, 0.1) is 19.8 Å². The first-order valence-corrected chi connectivity index (χ1v) is 8.47. The zero-order valence-corrected chi connectivity index (χ0v) is 14.0. The van der Waals surface area contributed by atoms with Crippen LogP contribution in [0.25, 0.3) is 0 Å². The van der Waals surface area contributed by atoms with E-state index in [0.717, 1.165) is 50.3 Å². The Kier molecular flexibility index (Phi) is 5.10. The van der Waals surface area contributed by atoms with Crippen LogP contribution in [0.15, 0.2) is 6.07 Å². The van der Waals surface area contributed by atoms with Gasteiger partial charge in [0, 0.05) is 56.8 Å². The summed E-state index contributed by atoms with van der Waals surface area (Å²) in [4.78, 5) is 23.1. The van der Waals surface area contributed by atoms with Crippen LogP contribution >= 0.6 is 0 Å². The number of likely N-dealkylation sites (tertiary alicyclic amines) is 1. The van der Waals surface area contributed by atoms with Gasteiger partial charge in [0.05, 0.1) is 0 Å². The smallest absolute Gasteiger partial charge is 0.225 e. The number of aryl methyl sites for hydroxylation is 2. The Bertz CT molecular complexity index is 530. The van der Waals surface area contributed by atoms with Crippen molar-refractivity contribution in [2.45, 2.75) is 45.6 Å². The summed E-state index contributed by atoms with van der Waals surface area (Å²) >= 11 is 0. The first-order chi connectivity index (χ1) is 11.1. The molecule has 1 aromatic heterocycles. The predicted molar refractivity (Wildman–Crippen MR) is 85.3 cm³/mol. The van der Waals surface area contributed by atoms with Crippen LogP contribution in [-0.4, -0.2) is 53.2 Å². The molecule has 0 radical (unpaired) electrons. The molecule has 0 bridgehead atoms. The number of carbonyl (C=O) groups is 1.